The van der Waals surface area contributed by atoms with Crippen LogP contribution in [0.2, 0.25) is 10.0 Å². The van der Waals surface area contributed by atoms with Crippen LogP contribution in [0, 0.1) is 0 Å². The molecule has 0 amide bonds. The lowest BCUT2D eigenvalue weighted by atomic mass is 10.0. The summed E-state index contributed by atoms with van der Waals surface area (Å²) < 4.78 is 0. The SMILES string of the molecule is CO/N=C(/c1ccccc1)c1ccc(Cl)cc1.CO/N=C(/c1ccccc1)c1ccc(Cl)cc1. The van der Waals surface area contributed by atoms with Crippen LogP contribution in [0.3, 0.4) is 0 Å². The van der Waals surface area contributed by atoms with Crippen molar-refractivity contribution < 1.29 is 9.68 Å². The molecule has 34 heavy (non-hydrogen) atoms. The second kappa shape index (κ2) is 13.2. The van der Waals surface area contributed by atoms with Crippen LogP contribution in [-0.2, 0) is 9.68 Å². The van der Waals surface area contributed by atoms with Crippen LogP contribution in [0.4, 0.5) is 0 Å². The number of nitrogens with zero attached hydrogens (tertiary/aromatic N) is 2. The molecule has 0 aromatic heterocycles. The Kier molecular flexibility index (Phi) is 9.71. The zero-order valence-electron chi connectivity index (χ0n) is 18.9. The van der Waals surface area contributed by atoms with Crippen molar-refractivity contribution in [1.29, 1.82) is 0 Å². The van der Waals surface area contributed by atoms with Gasteiger partial charge in [-0.15, -0.1) is 0 Å². The van der Waals surface area contributed by atoms with E-state index in [0.717, 1.165) is 33.7 Å². The van der Waals surface area contributed by atoms with Gasteiger partial charge in [0.15, 0.2) is 0 Å². The molecule has 0 heterocycles. The number of hydrogen-bond donors (Lipinski definition) is 0. The van der Waals surface area contributed by atoms with Gasteiger partial charge in [-0.3, -0.25) is 0 Å². The summed E-state index contributed by atoms with van der Waals surface area (Å²) in [5, 5.41) is 9.55. The molecule has 0 fully saturated rings. The van der Waals surface area contributed by atoms with Gasteiger partial charge in [-0.1, -0.05) is 118 Å². The third kappa shape index (κ3) is 7.20. The summed E-state index contributed by atoms with van der Waals surface area (Å²) in [5.41, 5.74) is 5.56. The maximum Gasteiger partial charge on any atom is 0.117 e. The fourth-order valence-electron chi connectivity index (χ4n) is 3.13. The third-order valence-corrected chi connectivity index (χ3v) is 5.20. The van der Waals surface area contributed by atoms with Crippen LogP contribution in [0.25, 0.3) is 0 Å². The molecule has 0 spiro atoms. The van der Waals surface area contributed by atoms with E-state index < -0.39 is 0 Å². The van der Waals surface area contributed by atoms with Gasteiger partial charge in [-0.05, 0) is 24.3 Å². The van der Waals surface area contributed by atoms with Crippen LogP contribution in [-0.4, -0.2) is 25.6 Å². The van der Waals surface area contributed by atoms with Crippen LogP contribution in [0.5, 0.6) is 0 Å². The number of rotatable bonds is 6. The Labute approximate surface area is 210 Å². The van der Waals surface area contributed by atoms with Crippen molar-refractivity contribution in [1.82, 2.24) is 0 Å². The van der Waals surface area contributed by atoms with E-state index in [1.807, 2.05) is 109 Å². The highest BCUT2D eigenvalue weighted by atomic mass is 35.5. The number of hydrogen-bond acceptors (Lipinski definition) is 4. The van der Waals surface area contributed by atoms with Crippen LogP contribution in [0.1, 0.15) is 22.3 Å². The van der Waals surface area contributed by atoms with Gasteiger partial charge in [0.25, 0.3) is 0 Å². The fourth-order valence-corrected chi connectivity index (χ4v) is 3.39. The molecule has 0 bridgehead atoms. The summed E-state index contributed by atoms with van der Waals surface area (Å²) >= 11 is 11.7. The summed E-state index contributed by atoms with van der Waals surface area (Å²) in [6.07, 6.45) is 0. The van der Waals surface area contributed by atoms with E-state index in [9.17, 15) is 0 Å². The van der Waals surface area contributed by atoms with Gasteiger partial charge in [0.05, 0.1) is 0 Å². The number of halogens is 2. The van der Waals surface area contributed by atoms with E-state index in [1.54, 1.807) is 14.2 Å². The van der Waals surface area contributed by atoms with Gasteiger partial charge in [-0.25, -0.2) is 0 Å². The molecule has 0 aliphatic heterocycles. The van der Waals surface area contributed by atoms with E-state index >= 15 is 0 Å². The van der Waals surface area contributed by atoms with Crippen molar-refractivity contribution in [2.45, 2.75) is 0 Å². The Morgan fingerprint density at radius 3 is 1.06 bits per heavy atom. The minimum Gasteiger partial charge on any atom is -0.399 e. The normalized spacial score (nSPS) is 11.3. The highest BCUT2D eigenvalue weighted by molar-refractivity contribution is 6.31. The second-order valence-electron chi connectivity index (χ2n) is 6.99. The van der Waals surface area contributed by atoms with Crippen molar-refractivity contribution in [2.75, 3.05) is 14.2 Å². The van der Waals surface area contributed by atoms with E-state index in [1.165, 1.54) is 0 Å². The van der Waals surface area contributed by atoms with Gasteiger partial charge in [0, 0.05) is 32.3 Å². The zero-order chi connectivity index (χ0) is 24.2. The van der Waals surface area contributed by atoms with Crippen molar-refractivity contribution in [3.63, 3.8) is 0 Å². The minimum atomic E-state index is 0.707. The molecule has 0 saturated heterocycles. The van der Waals surface area contributed by atoms with Crippen LogP contribution >= 0.6 is 23.2 Å². The Hall–Kier alpha value is -3.60. The summed E-state index contributed by atoms with van der Waals surface area (Å²) in [7, 11) is 3.08. The average molecular weight is 491 g/mol. The Bertz CT molecular complexity index is 1110. The molecule has 4 nitrogen and oxygen atoms in total. The third-order valence-electron chi connectivity index (χ3n) is 4.69. The summed E-state index contributed by atoms with van der Waals surface area (Å²) in [5.74, 6) is 0. The predicted octanol–water partition coefficient (Wildman–Crippen LogP) is 7.48. The molecule has 4 aromatic rings. The Morgan fingerprint density at radius 2 is 0.765 bits per heavy atom. The maximum atomic E-state index is 5.87. The average Bonchev–Trinajstić information content (AvgIpc) is 2.89. The molecule has 4 rings (SSSR count). The van der Waals surface area contributed by atoms with Gasteiger partial charge in [-0.2, -0.15) is 0 Å². The lowest BCUT2D eigenvalue weighted by Crippen LogP contribution is -2.03. The highest BCUT2D eigenvalue weighted by Crippen LogP contribution is 2.16. The van der Waals surface area contributed by atoms with Gasteiger partial charge in [0.1, 0.15) is 25.6 Å². The molecule has 0 N–H and O–H groups in total. The van der Waals surface area contributed by atoms with E-state index in [2.05, 4.69) is 10.3 Å². The quantitative estimate of drug-likeness (QED) is 0.207. The van der Waals surface area contributed by atoms with Crippen LogP contribution in [0.15, 0.2) is 120 Å². The number of benzene rings is 4. The van der Waals surface area contributed by atoms with E-state index in [-0.39, 0.29) is 0 Å². The Morgan fingerprint density at radius 1 is 0.471 bits per heavy atom. The predicted molar refractivity (Wildman–Crippen MR) is 141 cm³/mol. The monoisotopic (exact) mass is 490 g/mol. The van der Waals surface area contributed by atoms with Gasteiger partial charge < -0.3 is 9.68 Å². The molecular weight excluding hydrogens is 467 g/mol. The lowest BCUT2D eigenvalue weighted by Gasteiger charge is -2.06. The van der Waals surface area contributed by atoms with Crippen molar-refractivity contribution in [3.05, 3.63) is 141 Å². The smallest absolute Gasteiger partial charge is 0.117 e. The first-order valence-corrected chi connectivity index (χ1v) is 11.2. The van der Waals surface area contributed by atoms with E-state index in [4.69, 9.17) is 32.9 Å². The summed E-state index contributed by atoms with van der Waals surface area (Å²) in [4.78, 5) is 9.80. The van der Waals surface area contributed by atoms with E-state index in [0.29, 0.717) is 10.0 Å². The lowest BCUT2D eigenvalue weighted by molar-refractivity contribution is 0.214. The minimum absolute atomic E-state index is 0.707. The van der Waals surface area contributed by atoms with Crippen molar-refractivity contribution in [3.8, 4) is 0 Å². The summed E-state index contributed by atoms with van der Waals surface area (Å²) in [6, 6.07) is 34.8. The first-order chi connectivity index (χ1) is 16.6. The van der Waals surface area contributed by atoms with Crippen molar-refractivity contribution in [2.24, 2.45) is 10.3 Å². The highest BCUT2D eigenvalue weighted by Gasteiger charge is 2.08. The molecule has 0 atom stereocenters. The first kappa shape index (κ1) is 25.0. The Balaban J connectivity index is 0.000000191. The molecule has 0 unspecified atom stereocenters. The molecule has 172 valence electrons. The summed E-state index contributed by atoms with van der Waals surface area (Å²) in [6.45, 7) is 0. The topological polar surface area (TPSA) is 43.2 Å². The van der Waals surface area contributed by atoms with Crippen LogP contribution < -0.4 is 0 Å². The molecule has 4 aromatic carbocycles. The maximum absolute atomic E-state index is 5.87. The standard InChI is InChI=1S/2C14H12ClNO/c2*1-17-16-14(11-5-3-2-4-6-11)12-7-9-13(15)10-8-12/h2*2-10H,1H3/b2*16-14-. The molecule has 6 heteroatoms. The van der Waals surface area contributed by atoms with Gasteiger partial charge in [0.2, 0.25) is 0 Å². The second-order valence-corrected chi connectivity index (χ2v) is 7.86. The molecule has 0 aliphatic carbocycles. The molecule has 0 aliphatic rings. The molecule has 0 saturated carbocycles. The largest absolute Gasteiger partial charge is 0.399 e. The van der Waals surface area contributed by atoms with Crippen molar-refractivity contribution >= 4 is 34.6 Å². The number of oxime groups is 2. The first-order valence-electron chi connectivity index (χ1n) is 10.5. The zero-order valence-corrected chi connectivity index (χ0v) is 20.4. The van der Waals surface area contributed by atoms with Gasteiger partial charge >= 0.3 is 0 Å². The molecule has 0 radical (unpaired) electrons. The fraction of sp³-hybridized carbons (Fsp3) is 0.0714. The molecular formula is C28H24Cl2N2O2.